The molecule has 1 fully saturated rings. The highest BCUT2D eigenvalue weighted by atomic mass is 16.3. The second kappa shape index (κ2) is 5.21. The van der Waals surface area contributed by atoms with Gasteiger partial charge < -0.3 is 15.7 Å². The van der Waals surface area contributed by atoms with E-state index in [1.165, 1.54) is 0 Å². The van der Waals surface area contributed by atoms with Crippen LogP contribution in [0.1, 0.15) is 37.3 Å². The van der Waals surface area contributed by atoms with Crippen molar-refractivity contribution in [2.45, 2.75) is 45.6 Å². The van der Waals surface area contributed by atoms with Crippen LogP contribution in [-0.2, 0) is 4.79 Å². The number of rotatable bonds is 3. The summed E-state index contributed by atoms with van der Waals surface area (Å²) in [7, 11) is 0. The van der Waals surface area contributed by atoms with Gasteiger partial charge in [0.1, 0.15) is 5.75 Å². The molecule has 1 aliphatic heterocycles. The summed E-state index contributed by atoms with van der Waals surface area (Å²) in [6.45, 7) is 6.58. The van der Waals surface area contributed by atoms with Crippen molar-refractivity contribution in [1.82, 2.24) is 5.32 Å². The van der Waals surface area contributed by atoms with E-state index in [1.807, 2.05) is 32.9 Å². The van der Waals surface area contributed by atoms with Gasteiger partial charge in [-0.05, 0) is 51.3 Å². The number of phenolic OH excluding ortho intramolecular Hbond substituents is 1. The third-order valence-electron chi connectivity index (χ3n) is 4.16. The Morgan fingerprint density at radius 3 is 2.79 bits per heavy atom. The van der Waals surface area contributed by atoms with Gasteiger partial charge in [0, 0.05) is 11.3 Å². The quantitative estimate of drug-likeness (QED) is 0.784. The Morgan fingerprint density at radius 2 is 2.21 bits per heavy atom. The number of carbonyl (C=O) groups excluding carboxylic acids is 1. The Bertz CT molecular complexity index is 491. The zero-order chi connectivity index (χ0) is 14.0. The number of hydrogen-bond acceptors (Lipinski definition) is 3. The summed E-state index contributed by atoms with van der Waals surface area (Å²) in [4.78, 5) is 12.5. The van der Waals surface area contributed by atoms with Gasteiger partial charge in [0.15, 0.2) is 0 Å². The van der Waals surface area contributed by atoms with Crippen LogP contribution in [-0.4, -0.2) is 23.1 Å². The van der Waals surface area contributed by atoms with Crippen molar-refractivity contribution in [2.75, 3.05) is 11.9 Å². The lowest BCUT2D eigenvalue weighted by Gasteiger charge is -2.27. The lowest BCUT2D eigenvalue weighted by atomic mass is 9.93. The van der Waals surface area contributed by atoms with Gasteiger partial charge in [0.25, 0.3) is 0 Å². The molecule has 4 heteroatoms. The molecule has 0 saturated carbocycles. The van der Waals surface area contributed by atoms with Crippen molar-refractivity contribution in [2.24, 2.45) is 0 Å². The summed E-state index contributed by atoms with van der Waals surface area (Å²) in [5, 5.41) is 16.2. The average Bonchev–Trinajstić information content (AvgIpc) is 2.89. The third kappa shape index (κ3) is 2.45. The first-order valence-electron chi connectivity index (χ1n) is 6.86. The molecule has 1 heterocycles. The van der Waals surface area contributed by atoms with Crippen LogP contribution in [0.5, 0.6) is 5.75 Å². The number of phenols is 1. The molecule has 1 unspecified atom stereocenters. The van der Waals surface area contributed by atoms with E-state index in [-0.39, 0.29) is 11.7 Å². The molecule has 19 heavy (non-hydrogen) atoms. The van der Waals surface area contributed by atoms with Crippen LogP contribution in [0.2, 0.25) is 0 Å². The predicted octanol–water partition coefficient (Wildman–Crippen LogP) is 2.48. The minimum Gasteiger partial charge on any atom is -0.507 e. The summed E-state index contributed by atoms with van der Waals surface area (Å²) >= 11 is 0. The van der Waals surface area contributed by atoms with Crippen molar-refractivity contribution in [1.29, 1.82) is 0 Å². The van der Waals surface area contributed by atoms with E-state index in [2.05, 4.69) is 10.6 Å². The van der Waals surface area contributed by atoms with Crippen LogP contribution in [0.25, 0.3) is 0 Å². The van der Waals surface area contributed by atoms with Crippen molar-refractivity contribution >= 4 is 11.6 Å². The molecule has 1 amide bonds. The molecule has 2 rings (SSSR count). The topological polar surface area (TPSA) is 61.4 Å². The molecule has 1 aliphatic rings. The maximum Gasteiger partial charge on any atom is 0.244 e. The molecule has 0 bridgehead atoms. The van der Waals surface area contributed by atoms with E-state index in [4.69, 9.17) is 0 Å². The fourth-order valence-corrected chi connectivity index (χ4v) is 2.68. The molecule has 0 spiro atoms. The Balaban J connectivity index is 2.22. The minimum absolute atomic E-state index is 0.00106. The zero-order valence-electron chi connectivity index (χ0n) is 11.8. The number of nitrogens with one attached hydrogen (secondary N) is 2. The van der Waals surface area contributed by atoms with E-state index < -0.39 is 5.54 Å². The summed E-state index contributed by atoms with van der Waals surface area (Å²) in [5.74, 6) is 0.251. The van der Waals surface area contributed by atoms with Gasteiger partial charge in [0.05, 0.1) is 5.54 Å². The second-order valence-electron chi connectivity index (χ2n) is 5.32. The number of amides is 1. The van der Waals surface area contributed by atoms with E-state index in [0.717, 1.165) is 36.9 Å². The van der Waals surface area contributed by atoms with Crippen LogP contribution in [0.4, 0.5) is 5.69 Å². The van der Waals surface area contributed by atoms with Gasteiger partial charge in [-0.1, -0.05) is 13.0 Å². The first-order valence-corrected chi connectivity index (χ1v) is 6.86. The number of carbonyl (C=O) groups is 1. The number of hydrogen-bond donors (Lipinski definition) is 3. The van der Waals surface area contributed by atoms with Gasteiger partial charge in [-0.3, -0.25) is 4.79 Å². The van der Waals surface area contributed by atoms with Gasteiger partial charge in [-0.15, -0.1) is 0 Å². The van der Waals surface area contributed by atoms with Crippen LogP contribution in [0, 0.1) is 13.8 Å². The monoisotopic (exact) mass is 262 g/mol. The fraction of sp³-hybridized carbons (Fsp3) is 0.533. The van der Waals surface area contributed by atoms with E-state index in [9.17, 15) is 9.90 Å². The van der Waals surface area contributed by atoms with Crippen molar-refractivity contribution in [3.05, 3.63) is 23.3 Å². The summed E-state index contributed by atoms with van der Waals surface area (Å²) < 4.78 is 0. The number of aromatic hydroxyl groups is 1. The molecule has 1 atom stereocenters. The highest BCUT2D eigenvalue weighted by Crippen LogP contribution is 2.30. The van der Waals surface area contributed by atoms with Gasteiger partial charge in [0.2, 0.25) is 5.91 Å². The minimum atomic E-state index is -0.451. The molecular weight excluding hydrogens is 240 g/mol. The first-order chi connectivity index (χ1) is 9.00. The molecule has 3 N–H and O–H groups in total. The van der Waals surface area contributed by atoms with Gasteiger partial charge in [-0.25, -0.2) is 0 Å². The predicted molar refractivity (Wildman–Crippen MR) is 76.5 cm³/mol. The van der Waals surface area contributed by atoms with E-state index >= 15 is 0 Å². The lowest BCUT2D eigenvalue weighted by molar-refractivity contribution is -0.122. The summed E-state index contributed by atoms with van der Waals surface area (Å²) in [5.41, 5.74) is 1.78. The van der Waals surface area contributed by atoms with Crippen LogP contribution >= 0.6 is 0 Å². The first kappa shape index (κ1) is 13.9. The lowest BCUT2D eigenvalue weighted by Crippen LogP contribution is -2.50. The standard InChI is InChI=1S/C15H22N2O2/c1-4-15(8-5-9-16-15)14(19)17-12-7-6-10(2)13(18)11(12)3/h6-7,16,18H,4-5,8-9H2,1-3H3,(H,17,19). The largest absolute Gasteiger partial charge is 0.507 e. The zero-order valence-corrected chi connectivity index (χ0v) is 11.8. The Morgan fingerprint density at radius 1 is 1.47 bits per heavy atom. The Hall–Kier alpha value is -1.55. The smallest absolute Gasteiger partial charge is 0.244 e. The number of aryl methyl sites for hydroxylation is 1. The maximum absolute atomic E-state index is 12.5. The molecule has 104 valence electrons. The van der Waals surface area contributed by atoms with E-state index in [0.29, 0.717) is 5.69 Å². The van der Waals surface area contributed by atoms with Crippen LogP contribution < -0.4 is 10.6 Å². The van der Waals surface area contributed by atoms with E-state index in [1.54, 1.807) is 0 Å². The second-order valence-corrected chi connectivity index (χ2v) is 5.32. The third-order valence-corrected chi connectivity index (χ3v) is 4.16. The highest BCUT2D eigenvalue weighted by molar-refractivity contribution is 5.99. The highest BCUT2D eigenvalue weighted by Gasteiger charge is 2.39. The molecule has 0 radical (unpaired) electrons. The molecule has 0 aliphatic carbocycles. The Kier molecular flexibility index (Phi) is 3.80. The average molecular weight is 262 g/mol. The number of benzene rings is 1. The van der Waals surface area contributed by atoms with Gasteiger partial charge >= 0.3 is 0 Å². The van der Waals surface area contributed by atoms with Crippen molar-refractivity contribution in [3.63, 3.8) is 0 Å². The Labute approximate surface area is 114 Å². The molecular formula is C15H22N2O2. The maximum atomic E-state index is 12.5. The SMILES string of the molecule is CCC1(C(=O)Nc2ccc(C)c(O)c2C)CCCN1. The summed E-state index contributed by atoms with van der Waals surface area (Å²) in [6.07, 6.45) is 2.67. The van der Waals surface area contributed by atoms with Crippen molar-refractivity contribution < 1.29 is 9.90 Å². The molecule has 1 saturated heterocycles. The molecule has 1 aromatic rings. The van der Waals surface area contributed by atoms with Crippen molar-refractivity contribution in [3.8, 4) is 5.75 Å². The normalized spacial score (nSPS) is 22.5. The summed E-state index contributed by atoms with van der Waals surface area (Å²) in [6, 6.07) is 3.67. The number of anilines is 1. The van der Waals surface area contributed by atoms with Gasteiger partial charge in [-0.2, -0.15) is 0 Å². The molecule has 4 nitrogen and oxygen atoms in total. The molecule has 0 aromatic heterocycles. The fourth-order valence-electron chi connectivity index (χ4n) is 2.68. The van der Waals surface area contributed by atoms with Crippen LogP contribution in [0.3, 0.4) is 0 Å². The molecule has 1 aromatic carbocycles. The van der Waals surface area contributed by atoms with Crippen LogP contribution in [0.15, 0.2) is 12.1 Å².